The monoisotopic (exact) mass is 251 g/mol. The number of halogens is 1. The summed E-state index contributed by atoms with van der Waals surface area (Å²) in [6.07, 6.45) is 2.48. The first-order chi connectivity index (χ1) is 8.65. The third-order valence-electron chi connectivity index (χ3n) is 2.48. The van der Waals surface area contributed by atoms with Gasteiger partial charge in [-0.1, -0.05) is 32.1 Å². The Bertz CT molecular complexity index is 377. The first-order valence-corrected chi connectivity index (χ1v) is 6.37. The van der Waals surface area contributed by atoms with Crippen LogP contribution in [0.25, 0.3) is 0 Å². The van der Waals surface area contributed by atoms with Crippen molar-refractivity contribution < 1.29 is 9.13 Å². The fraction of sp³-hybridized carbons (Fsp3) is 0.467. The molecular weight excluding hydrogens is 229 g/mol. The van der Waals surface area contributed by atoms with Crippen LogP contribution in [0.2, 0.25) is 0 Å². The van der Waals surface area contributed by atoms with Gasteiger partial charge >= 0.3 is 0 Å². The van der Waals surface area contributed by atoms with Crippen molar-refractivity contribution in [2.45, 2.75) is 26.8 Å². The van der Waals surface area contributed by atoms with Crippen LogP contribution in [0.4, 0.5) is 4.39 Å². The molecule has 1 rings (SSSR count). The van der Waals surface area contributed by atoms with E-state index in [0.717, 1.165) is 12.1 Å². The molecule has 0 radical (unpaired) electrons. The minimum absolute atomic E-state index is 0.303. The van der Waals surface area contributed by atoms with Crippen molar-refractivity contribution in [2.24, 2.45) is 5.92 Å². The van der Waals surface area contributed by atoms with Crippen LogP contribution in [-0.4, -0.2) is 13.2 Å². The fourth-order valence-corrected chi connectivity index (χ4v) is 1.59. The summed E-state index contributed by atoms with van der Waals surface area (Å²) in [5, 5.41) is 3.29. The molecule has 1 aromatic carbocycles. The van der Waals surface area contributed by atoms with Gasteiger partial charge in [-0.2, -0.15) is 0 Å². The fourth-order valence-electron chi connectivity index (χ4n) is 1.59. The zero-order valence-corrected chi connectivity index (χ0v) is 11.2. The molecule has 0 aromatic heterocycles. The molecule has 0 saturated heterocycles. The van der Waals surface area contributed by atoms with Gasteiger partial charge in [-0.15, -0.1) is 6.58 Å². The summed E-state index contributed by atoms with van der Waals surface area (Å²) in [6.45, 7) is 9.89. The van der Waals surface area contributed by atoms with Crippen molar-refractivity contribution in [3.63, 3.8) is 0 Å². The van der Waals surface area contributed by atoms with E-state index >= 15 is 0 Å². The summed E-state index contributed by atoms with van der Waals surface area (Å²) in [7, 11) is 0. The largest absolute Gasteiger partial charge is 0.490 e. The average Bonchev–Trinajstić information content (AvgIpc) is 2.32. The van der Waals surface area contributed by atoms with Crippen LogP contribution in [-0.2, 0) is 6.54 Å². The van der Waals surface area contributed by atoms with Gasteiger partial charge in [-0.05, 0) is 24.9 Å². The van der Waals surface area contributed by atoms with Crippen molar-refractivity contribution in [1.82, 2.24) is 5.32 Å². The van der Waals surface area contributed by atoms with Gasteiger partial charge in [0.25, 0.3) is 0 Å². The van der Waals surface area contributed by atoms with Gasteiger partial charge in [0.15, 0.2) is 11.6 Å². The molecule has 0 aliphatic rings. The first-order valence-electron chi connectivity index (χ1n) is 6.37. The lowest BCUT2D eigenvalue weighted by Gasteiger charge is -2.13. The van der Waals surface area contributed by atoms with Crippen molar-refractivity contribution in [3.8, 4) is 5.75 Å². The number of rotatable bonds is 8. The predicted octanol–water partition coefficient (Wildman–Crippen LogP) is 3.53. The second-order valence-corrected chi connectivity index (χ2v) is 4.68. The highest BCUT2D eigenvalue weighted by molar-refractivity contribution is 5.34. The molecule has 0 aliphatic carbocycles. The minimum Gasteiger partial charge on any atom is -0.490 e. The van der Waals surface area contributed by atoms with Gasteiger partial charge in [-0.25, -0.2) is 4.39 Å². The Morgan fingerprint density at radius 1 is 1.44 bits per heavy atom. The molecular formula is C15H22FNO. The number of hydrogen-bond acceptors (Lipinski definition) is 2. The Morgan fingerprint density at radius 2 is 2.22 bits per heavy atom. The average molecular weight is 251 g/mol. The lowest BCUT2D eigenvalue weighted by Crippen LogP contribution is -2.19. The smallest absolute Gasteiger partial charge is 0.165 e. The number of ether oxygens (including phenoxy) is 1. The van der Waals surface area contributed by atoms with E-state index in [0.29, 0.717) is 31.2 Å². The molecule has 0 heterocycles. The molecule has 0 atom stereocenters. The Hall–Kier alpha value is -1.35. The van der Waals surface area contributed by atoms with Crippen molar-refractivity contribution >= 4 is 0 Å². The third kappa shape index (κ3) is 4.88. The van der Waals surface area contributed by atoms with Gasteiger partial charge in [0, 0.05) is 12.1 Å². The predicted molar refractivity (Wildman–Crippen MR) is 73.3 cm³/mol. The van der Waals surface area contributed by atoms with E-state index in [1.807, 2.05) is 6.07 Å². The Kier molecular flexibility index (Phi) is 6.44. The summed E-state index contributed by atoms with van der Waals surface area (Å²) < 4.78 is 19.2. The molecule has 0 bridgehead atoms. The van der Waals surface area contributed by atoms with Crippen LogP contribution in [0.1, 0.15) is 25.8 Å². The standard InChI is InChI=1S/C15H22FNO/c1-4-5-9-18-15-13(7-6-8-14(15)16)11-17-10-12(2)3/h4,6-8,12,17H,1,5,9-11H2,2-3H3. The molecule has 100 valence electrons. The van der Waals surface area contributed by atoms with Crippen molar-refractivity contribution in [1.29, 1.82) is 0 Å². The Labute approximate surface area is 109 Å². The molecule has 2 nitrogen and oxygen atoms in total. The maximum Gasteiger partial charge on any atom is 0.165 e. The van der Waals surface area contributed by atoms with E-state index in [-0.39, 0.29) is 5.82 Å². The van der Waals surface area contributed by atoms with Crippen LogP contribution in [0, 0.1) is 11.7 Å². The van der Waals surface area contributed by atoms with Crippen LogP contribution in [0.3, 0.4) is 0 Å². The van der Waals surface area contributed by atoms with Crippen LogP contribution < -0.4 is 10.1 Å². The van der Waals surface area contributed by atoms with E-state index in [1.165, 1.54) is 6.07 Å². The lowest BCUT2D eigenvalue weighted by molar-refractivity contribution is 0.303. The highest BCUT2D eigenvalue weighted by Crippen LogP contribution is 2.22. The van der Waals surface area contributed by atoms with E-state index < -0.39 is 0 Å². The lowest BCUT2D eigenvalue weighted by atomic mass is 10.1. The summed E-state index contributed by atoms with van der Waals surface area (Å²) in [4.78, 5) is 0. The third-order valence-corrected chi connectivity index (χ3v) is 2.48. The highest BCUT2D eigenvalue weighted by atomic mass is 19.1. The normalized spacial score (nSPS) is 10.7. The molecule has 0 unspecified atom stereocenters. The molecule has 3 heteroatoms. The molecule has 0 amide bonds. The Morgan fingerprint density at radius 3 is 2.89 bits per heavy atom. The number of benzene rings is 1. The quantitative estimate of drug-likeness (QED) is 0.564. The second-order valence-electron chi connectivity index (χ2n) is 4.68. The zero-order chi connectivity index (χ0) is 13.4. The van der Waals surface area contributed by atoms with Crippen LogP contribution in [0.15, 0.2) is 30.9 Å². The van der Waals surface area contributed by atoms with Gasteiger partial charge in [0.2, 0.25) is 0 Å². The summed E-state index contributed by atoms with van der Waals surface area (Å²) in [5.41, 5.74) is 0.861. The van der Waals surface area contributed by atoms with Gasteiger partial charge in [-0.3, -0.25) is 0 Å². The molecule has 1 aromatic rings. The maximum absolute atomic E-state index is 13.7. The second kappa shape index (κ2) is 7.88. The summed E-state index contributed by atoms with van der Waals surface area (Å²) >= 11 is 0. The topological polar surface area (TPSA) is 21.3 Å². The van der Waals surface area contributed by atoms with Crippen molar-refractivity contribution in [3.05, 3.63) is 42.2 Å². The van der Waals surface area contributed by atoms with Gasteiger partial charge in [0.05, 0.1) is 6.61 Å². The summed E-state index contributed by atoms with van der Waals surface area (Å²) in [5.74, 6) is 0.627. The van der Waals surface area contributed by atoms with Gasteiger partial charge in [0.1, 0.15) is 0 Å². The summed E-state index contributed by atoms with van der Waals surface area (Å²) in [6, 6.07) is 5.02. The minimum atomic E-state index is -0.303. The van der Waals surface area contributed by atoms with Crippen molar-refractivity contribution in [2.75, 3.05) is 13.2 Å². The van der Waals surface area contributed by atoms with E-state index in [9.17, 15) is 4.39 Å². The first kappa shape index (κ1) is 14.7. The number of hydrogen-bond donors (Lipinski definition) is 1. The van der Waals surface area contributed by atoms with E-state index in [2.05, 4.69) is 25.7 Å². The molecule has 1 N–H and O–H groups in total. The highest BCUT2D eigenvalue weighted by Gasteiger charge is 2.09. The van der Waals surface area contributed by atoms with Crippen LogP contribution in [0.5, 0.6) is 5.75 Å². The van der Waals surface area contributed by atoms with E-state index in [1.54, 1.807) is 12.1 Å². The molecule has 0 aliphatic heterocycles. The van der Waals surface area contributed by atoms with Crippen LogP contribution >= 0.6 is 0 Å². The molecule has 0 fully saturated rings. The molecule has 0 spiro atoms. The number of para-hydroxylation sites is 1. The van der Waals surface area contributed by atoms with E-state index in [4.69, 9.17) is 4.74 Å². The molecule has 0 saturated carbocycles. The Balaban J connectivity index is 2.64. The van der Waals surface area contributed by atoms with Gasteiger partial charge < -0.3 is 10.1 Å². The maximum atomic E-state index is 13.7. The zero-order valence-electron chi connectivity index (χ0n) is 11.2. The molecule has 18 heavy (non-hydrogen) atoms. The SMILES string of the molecule is C=CCCOc1c(F)cccc1CNCC(C)C. The number of nitrogens with one attached hydrogen (secondary N) is 1.